The van der Waals surface area contributed by atoms with Gasteiger partial charge in [-0.2, -0.15) is 0 Å². The molecule has 0 aliphatic rings. The third-order valence-corrected chi connectivity index (χ3v) is 3.35. The highest BCUT2D eigenvalue weighted by molar-refractivity contribution is 6.34. The van der Waals surface area contributed by atoms with Crippen LogP contribution >= 0.6 is 11.6 Å². The number of nitrogens with zero attached hydrogens (tertiary/aromatic N) is 2. The number of halogens is 1. The van der Waals surface area contributed by atoms with Gasteiger partial charge in [0.2, 0.25) is 0 Å². The summed E-state index contributed by atoms with van der Waals surface area (Å²) in [6.07, 6.45) is 0. The first-order valence-corrected chi connectivity index (χ1v) is 6.68. The van der Waals surface area contributed by atoms with Gasteiger partial charge in [0.1, 0.15) is 0 Å². The summed E-state index contributed by atoms with van der Waals surface area (Å²) in [5.74, 6) is -1.27. The van der Waals surface area contributed by atoms with E-state index in [9.17, 15) is 20.0 Å². The number of non-ortho nitro benzene ring substituents is 1. The molecule has 116 valence electrons. The van der Waals surface area contributed by atoms with Crippen molar-refractivity contribution < 1.29 is 19.6 Å². The molecule has 1 aromatic carbocycles. The zero-order valence-electron chi connectivity index (χ0n) is 12.0. The fourth-order valence-corrected chi connectivity index (χ4v) is 2.49. The van der Waals surface area contributed by atoms with Crippen molar-refractivity contribution in [2.24, 2.45) is 0 Å². The normalized spacial score (nSPS) is 12.0. The summed E-state index contributed by atoms with van der Waals surface area (Å²) in [6, 6.07) is 2.05. The van der Waals surface area contributed by atoms with Gasteiger partial charge in [-0.05, 0) is 13.8 Å². The zero-order chi connectivity index (χ0) is 16.2. The molecule has 0 aliphatic heterocycles. The Labute approximate surface area is 127 Å². The molecule has 0 aliphatic carbocycles. The smallest absolute Gasteiger partial charge is 0.338 e. The van der Waals surface area contributed by atoms with Crippen LogP contribution in [0.5, 0.6) is 0 Å². The van der Waals surface area contributed by atoms with Crippen molar-refractivity contribution in [3.05, 3.63) is 32.8 Å². The van der Waals surface area contributed by atoms with E-state index in [1.54, 1.807) is 12.0 Å². The predicted molar refractivity (Wildman–Crippen MR) is 79.4 cm³/mol. The second kappa shape index (κ2) is 7.24. The molecule has 0 aromatic heterocycles. The maximum absolute atomic E-state index is 11.4. The molecule has 0 bridgehead atoms. The van der Waals surface area contributed by atoms with Crippen LogP contribution < -0.4 is 4.90 Å². The third kappa shape index (κ3) is 3.83. The average molecular weight is 317 g/mol. The molecular weight excluding hydrogens is 300 g/mol. The van der Waals surface area contributed by atoms with E-state index >= 15 is 0 Å². The minimum Gasteiger partial charge on any atom is -0.478 e. The summed E-state index contributed by atoms with van der Waals surface area (Å²) in [5.41, 5.74) is -0.280. The van der Waals surface area contributed by atoms with Crippen molar-refractivity contribution in [3.63, 3.8) is 0 Å². The molecule has 1 rings (SSSR count). The van der Waals surface area contributed by atoms with E-state index in [0.29, 0.717) is 13.2 Å². The topological polar surface area (TPSA) is 92.9 Å². The highest BCUT2D eigenvalue weighted by atomic mass is 35.5. The number of nitro groups is 1. The quantitative estimate of drug-likeness (QED) is 0.614. The van der Waals surface area contributed by atoms with Gasteiger partial charge in [0.05, 0.1) is 27.8 Å². The molecule has 0 saturated carbocycles. The van der Waals surface area contributed by atoms with Crippen molar-refractivity contribution in [1.82, 2.24) is 0 Å². The zero-order valence-corrected chi connectivity index (χ0v) is 12.8. The number of nitro benzene ring substituents is 1. The van der Waals surface area contributed by atoms with E-state index in [4.69, 9.17) is 16.3 Å². The van der Waals surface area contributed by atoms with Gasteiger partial charge in [0, 0.05) is 31.8 Å². The molecular formula is C13H17ClN2O5. The molecule has 0 saturated heterocycles. The summed E-state index contributed by atoms with van der Waals surface area (Å²) < 4.78 is 5.07. The van der Waals surface area contributed by atoms with E-state index in [1.165, 1.54) is 0 Å². The van der Waals surface area contributed by atoms with Gasteiger partial charge >= 0.3 is 5.97 Å². The highest BCUT2D eigenvalue weighted by Gasteiger charge is 2.25. The molecule has 0 heterocycles. The Morgan fingerprint density at radius 2 is 2.19 bits per heavy atom. The molecule has 1 atom stereocenters. The number of rotatable bonds is 7. The van der Waals surface area contributed by atoms with Crippen molar-refractivity contribution in [2.75, 3.05) is 25.2 Å². The Morgan fingerprint density at radius 3 is 2.62 bits per heavy atom. The Morgan fingerprint density at radius 1 is 1.57 bits per heavy atom. The molecule has 1 unspecified atom stereocenters. The van der Waals surface area contributed by atoms with Crippen LogP contribution in [-0.2, 0) is 4.74 Å². The van der Waals surface area contributed by atoms with Gasteiger partial charge in [-0.15, -0.1) is 0 Å². The van der Waals surface area contributed by atoms with Gasteiger partial charge in [-0.25, -0.2) is 4.79 Å². The average Bonchev–Trinajstić information content (AvgIpc) is 2.40. The van der Waals surface area contributed by atoms with Crippen LogP contribution in [-0.4, -0.2) is 42.3 Å². The Balaban J connectivity index is 3.45. The molecule has 21 heavy (non-hydrogen) atoms. The second-order valence-corrected chi connectivity index (χ2v) is 4.88. The Bertz CT molecular complexity index is 550. The Kier molecular flexibility index (Phi) is 5.92. The standard InChI is InChI=1S/C13H17ClN2O5/c1-4-15(8(2)7-21-3)12-10(13(17)18)5-9(16(19)20)6-11(12)14/h5-6,8H,4,7H2,1-3H3,(H,17,18). The first-order chi connectivity index (χ1) is 9.83. The number of benzene rings is 1. The number of carbonyl (C=O) groups is 1. The number of likely N-dealkylation sites (N-methyl/N-ethyl adjacent to an activating group) is 1. The minimum absolute atomic E-state index is 0.0337. The number of methoxy groups -OCH3 is 1. The van der Waals surface area contributed by atoms with E-state index < -0.39 is 10.9 Å². The van der Waals surface area contributed by atoms with Crippen molar-refractivity contribution in [1.29, 1.82) is 0 Å². The van der Waals surface area contributed by atoms with Crippen LogP contribution in [0.1, 0.15) is 24.2 Å². The lowest BCUT2D eigenvalue weighted by molar-refractivity contribution is -0.384. The molecule has 1 N–H and O–H groups in total. The van der Waals surface area contributed by atoms with Crippen LogP contribution in [0, 0.1) is 10.1 Å². The number of anilines is 1. The van der Waals surface area contributed by atoms with Gasteiger partial charge in [0.25, 0.3) is 5.69 Å². The molecule has 0 amide bonds. The lowest BCUT2D eigenvalue weighted by Crippen LogP contribution is -2.37. The largest absolute Gasteiger partial charge is 0.478 e. The summed E-state index contributed by atoms with van der Waals surface area (Å²) in [6.45, 7) is 4.56. The summed E-state index contributed by atoms with van der Waals surface area (Å²) in [7, 11) is 1.54. The third-order valence-electron chi connectivity index (χ3n) is 3.06. The predicted octanol–water partition coefficient (Wildman–Crippen LogP) is 2.81. The first kappa shape index (κ1) is 17.2. The molecule has 1 aromatic rings. The summed E-state index contributed by atoms with van der Waals surface area (Å²) in [5, 5.41) is 20.2. The molecule has 0 spiro atoms. The van der Waals surface area contributed by atoms with Gasteiger partial charge in [-0.3, -0.25) is 10.1 Å². The lowest BCUT2D eigenvalue weighted by atomic mass is 10.1. The maximum Gasteiger partial charge on any atom is 0.338 e. The van der Waals surface area contributed by atoms with Crippen LogP contribution in [0.2, 0.25) is 5.02 Å². The number of carboxylic acid groups (broad SMARTS) is 1. The van der Waals surface area contributed by atoms with Crippen molar-refractivity contribution in [3.8, 4) is 0 Å². The van der Waals surface area contributed by atoms with Crippen LogP contribution in [0.4, 0.5) is 11.4 Å². The molecule has 0 fully saturated rings. The van der Waals surface area contributed by atoms with Crippen LogP contribution in [0.15, 0.2) is 12.1 Å². The van der Waals surface area contributed by atoms with Crippen molar-refractivity contribution in [2.45, 2.75) is 19.9 Å². The highest BCUT2D eigenvalue weighted by Crippen LogP contribution is 2.35. The van der Waals surface area contributed by atoms with Gasteiger partial charge < -0.3 is 14.7 Å². The SMILES string of the molecule is CCN(c1c(Cl)cc([N+](=O)[O-])cc1C(=O)O)C(C)COC. The van der Waals surface area contributed by atoms with Crippen molar-refractivity contribution >= 4 is 28.9 Å². The number of ether oxygens (including phenoxy) is 1. The van der Waals surface area contributed by atoms with Gasteiger partial charge in [-0.1, -0.05) is 11.6 Å². The van der Waals surface area contributed by atoms with Crippen LogP contribution in [0.3, 0.4) is 0 Å². The maximum atomic E-state index is 11.4. The van der Waals surface area contributed by atoms with E-state index in [2.05, 4.69) is 0 Å². The monoisotopic (exact) mass is 316 g/mol. The lowest BCUT2D eigenvalue weighted by Gasteiger charge is -2.31. The van der Waals surface area contributed by atoms with Gasteiger partial charge in [0.15, 0.2) is 0 Å². The summed E-state index contributed by atoms with van der Waals surface area (Å²) >= 11 is 6.09. The van der Waals surface area contributed by atoms with E-state index in [-0.39, 0.29) is 28.0 Å². The minimum atomic E-state index is -1.27. The number of carboxylic acids is 1. The number of hydrogen-bond acceptors (Lipinski definition) is 5. The number of hydrogen-bond donors (Lipinski definition) is 1. The second-order valence-electron chi connectivity index (χ2n) is 4.48. The fraction of sp³-hybridized carbons (Fsp3) is 0.462. The summed E-state index contributed by atoms with van der Waals surface area (Å²) in [4.78, 5) is 23.3. The van der Waals surface area contributed by atoms with E-state index in [1.807, 2.05) is 13.8 Å². The van der Waals surface area contributed by atoms with Crippen LogP contribution in [0.25, 0.3) is 0 Å². The fourth-order valence-electron chi connectivity index (χ4n) is 2.17. The molecule has 0 radical (unpaired) electrons. The van der Waals surface area contributed by atoms with E-state index in [0.717, 1.165) is 12.1 Å². The molecule has 8 heteroatoms. The Hall–Kier alpha value is -1.86. The first-order valence-electron chi connectivity index (χ1n) is 6.30. The molecule has 7 nitrogen and oxygen atoms in total. The number of aromatic carboxylic acids is 1.